The van der Waals surface area contributed by atoms with Crippen molar-refractivity contribution in [3.8, 4) is 0 Å². The van der Waals surface area contributed by atoms with Crippen LogP contribution in [0, 0.1) is 0 Å². The minimum atomic E-state index is -4.41. The van der Waals surface area contributed by atoms with Crippen molar-refractivity contribution < 1.29 is 28.6 Å². The Morgan fingerprint density at radius 2 is 2.00 bits per heavy atom. The first kappa shape index (κ1) is 14.5. The van der Waals surface area contributed by atoms with Gasteiger partial charge < -0.3 is 20.6 Å². The molecule has 0 heterocycles. The lowest BCUT2D eigenvalue weighted by Crippen LogP contribution is -2.34. The molecule has 0 rings (SSSR count). The molecule has 0 aromatic rings. The fourth-order valence-corrected chi connectivity index (χ4v) is 2.15. The van der Waals surface area contributed by atoms with Crippen LogP contribution < -0.4 is 5.73 Å². The normalized spacial score (nSPS) is 16.0. The molecule has 6 nitrogen and oxygen atoms in total. The summed E-state index contributed by atoms with van der Waals surface area (Å²) in [5, 5.41) is 8.47. The largest absolute Gasteiger partial charge is 0.480 e. The quantitative estimate of drug-likeness (QED) is 0.469. The molecule has 0 saturated heterocycles. The molecular weight excluding hydrogens is 227 g/mol. The SMILES string of the molecule is N[C@@H](CC(CCC[18F])P(=O)(O)O)C(=O)O. The predicted molar refractivity (Wildman–Crippen MR) is 51.3 cm³/mol. The molecule has 0 aliphatic carbocycles. The van der Waals surface area contributed by atoms with Gasteiger partial charge in [0.05, 0.1) is 12.3 Å². The highest BCUT2D eigenvalue weighted by atomic mass is 31.2. The fourth-order valence-electron chi connectivity index (χ4n) is 1.13. The Kier molecular flexibility index (Phi) is 5.97. The van der Waals surface area contributed by atoms with E-state index in [4.69, 9.17) is 20.6 Å². The van der Waals surface area contributed by atoms with E-state index in [0.717, 1.165) is 0 Å². The van der Waals surface area contributed by atoms with Crippen molar-refractivity contribution in [3.05, 3.63) is 0 Å². The number of hydrogen-bond acceptors (Lipinski definition) is 3. The van der Waals surface area contributed by atoms with E-state index in [1.807, 2.05) is 0 Å². The van der Waals surface area contributed by atoms with Crippen LogP contribution >= 0.6 is 7.60 Å². The fraction of sp³-hybridized carbons (Fsp3) is 0.857. The highest BCUT2D eigenvalue weighted by Gasteiger charge is 2.31. The van der Waals surface area contributed by atoms with E-state index in [0.29, 0.717) is 0 Å². The molecule has 15 heavy (non-hydrogen) atoms. The lowest BCUT2D eigenvalue weighted by molar-refractivity contribution is -0.138. The third kappa shape index (κ3) is 5.84. The number of aliphatic carboxylic acids is 1. The maximum Gasteiger partial charge on any atom is 0.328 e. The maximum absolute atomic E-state index is 11.8. The van der Waals surface area contributed by atoms with E-state index in [1.165, 1.54) is 0 Å². The molecule has 0 aromatic carbocycles. The number of halogens is 1. The maximum atomic E-state index is 11.8. The highest BCUT2D eigenvalue weighted by molar-refractivity contribution is 7.52. The van der Waals surface area contributed by atoms with Crippen LogP contribution in [-0.2, 0) is 9.36 Å². The van der Waals surface area contributed by atoms with Crippen molar-refractivity contribution in [2.75, 3.05) is 6.67 Å². The zero-order chi connectivity index (χ0) is 12.1. The van der Waals surface area contributed by atoms with E-state index >= 15 is 0 Å². The summed E-state index contributed by atoms with van der Waals surface area (Å²) >= 11 is 0. The lowest BCUT2D eigenvalue weighted by Gasteiger charge is -2.19. The number of alkyl halides is 1. The van der Waals surface area contributed by atoms with Gasteiger partial charge in [0.1, 0.15) is 6.04 Å². The molecule has 0 amide bonds. The molecule has 0 aliphatic heterocycles. The number of rotatable bonds is 7. The number of carboxylic acids is 1. The average Bonchev–Trinajstić information content (AvgIpc) is 2.09. The Morgan fingerprint density at radius 1 is 1.47 bits per heavy atom. The van der Waals surface area contributed by atoms with Crippen molar-refractivity contribution >= 4 is 13.6 Å². The number of carboxylic acid groups (broad SMARTS) is 1. The van der Waals surface area contributed by atoms with E-state index < -0.39 is 31.9 Å². The van der Waals surface area contributed by atoms with Crippen molar-refractivity contribution in [1.82, 2.24) is 0 Å². The van der Waals surface area contributed by atoms with Gasteiger partial charge >= 0.3 is 13.6 Å². The van der Waals surface area contributed by atoms with E-state index in [1.54, 1.807) is 0 Å². The Labute approximate surface area is 86.4 Å². The molecule has 5 N–H and O–H groups in total. The topological polar surface area (TPSA) is 121 Å². The molecule has 8 heteroatoms. The van der Waals surface area contributed by atoms with Crippen LogP contribution in [0.15, 0.2) is 0 Å². The van der Waals surface area contributed by atoms with Crippen LogP contribution in [0.4, 0.5) is 4.39 Å². The molecule has 0 saturated carbocycles. The monoisotopic (exact) mass is 242 g/mol. The number of carbonyl (C=O) groups is 1. The first-order valence-electron chi connectivity index (χ1n) is 4.38. The predicted octanol–water partition coefficient (Wildman–Crippen LogP) is 0.0844. The molecule has 0 aromatic heterocycles. The Balaban J connectivity index is 4.38. The second kappa shape index (κ2) is 6.17. The minimum absolute atomic E-state index is 0.0118. The average molecular weight is 242 g/mol. The summed E-state index contributed by atoms with van der Waals surface area (Å²) in [5.74, 6) is -1.33. The van der Waals surface area contributed by atoms with Gasteiger partial charge in [-0.05, 0) is 19.3 Å². The van der Waals surface area contributed by atoms with Gasteiger partial charge in [0.25, 0.3) is 0 Å². The summed E-state index contributed by atoms with van der Waals surface area (Å²) in [6.07, 6.45) is -0.427. The van der Waals surface area contributed by atoms with E-state index in [2.05, 4.69) is 0 Å². The van der Waals surface area contributed by atoms with Gasteiger partial charge in [-0.2, -0.15) is 0 Å². The van der Waals surface area contributed by atoms with Crippen LogP contribution in [0.1, 0.15) is 19.3 Å². The highest BCUT2D eigenvalue weighted by Crippen LogP contribution is 2.45. The van der Waals surface area contributed by atoms with Crippen molar-refractivity contribution in [2.24, 2.45) is 5.73 Å². The molecule has 0 aliphatic rings. The molecule has 0 bridgehead atoms. The third-order valence-corrected chi connectivity index (χ3v) is 3.41. The molecule has 2 atom stereocenters. The molecule has 0 fully saturated rings. The molecule has 0 radical (unpaired) electrons. The van der Waals surface area contributed by atoms with E-state index in [-0.39, 0.29) is 19.3 Å². The summed E-state index contributed by atoms with van der Waals surface area (Å²) in [6, 6.07) is -1.33. The van der Waals surface area contributed by atoms with Crippen molar-refractivity contribution in [1.29, 1.82) is 0 Å². The number of hydrogen-bond donors (Lipinski definition) is 4. The van der Waals surface area contributed by atoms with Crippen molar-refractivity contribution in [3.63, 3.8) is 0 Å². The van der Waals surface area contributed by atoms with Gasteiger partial charge in [0, 0.05) is 0 Å². The first-order chi connectivity index (χ1) is 6.79. The first-order valence-corrected chi connectivity index (χ1v) is 6.06. The van der Waals surface area contributed by atoms with Crippen LogP contribution in [0.25, 0.3) is 0 Å². The zero-order valence-corrected chi connectivity index (χ0v) is 8.94. The third-order valence-electron chi connectivity index (χ3n) is 1.99. The van der Waals surface area contributed by atoms with Crippen LogP contribution in [-0.4, -0.2) is 39.2 Å². The summed E-state index contributed by atoms with van der Waals surface area (Å²) < 4.78 is 22.8. The Hall–Kier alpha value is -0.490. The summed E-state index contributed by atoms with van der Waals surface area (Å²) in [4.78, 5) is 28.1. The van der Waals surface area contributed by atoms with Crippen LogP contribution in [0.2, 0.25) is 0 Å². The van der Waals surface area contributed by atoms with Crippen molar-refractivity contribution in [2.45, 2.75) is 31.0 Å². The van der Waals surface area contributed by atoms with Crippen LogP contribution in [0.3, 0.4) is 0 Å². The second-order valence-corrected chi connectivity index (χ2v) is 5.16. The minimum Gasteiger partial charge on any atom is -0.480 e. The Morgan fingerprint density at radius 3 is 2.33 bits per heavy atom. The molecule has 0 spiro atoms. The number of nitrogens with two attached hydrogens (primary N) is 1. The van der Waals surface area contributed by atoms with Gasteiger partial charge in [-0.25, -0.2) is 0 Å². The second-order valence-electron chi connectivity index (χ2n) is 3.25. The molecular formula is C7H15FNO5P. The summed E-state index contributed by atoms with van der Waals surface area (Å²) in [7, 11) is -4.41. The molecule has 90 valence electrons. The van der Waals surface area contributed by atoms with Gasteiger partial charge in [0.15, 0.2) is 0 Å². The van der Waals surface area contributed by atoms with Crippen LogP contribution in [0.5, 0.6) is 0 Å². The summed E-state index contributed by atoms with van der Waals surface area (Å²) in [5.41, 5.74) is 3.97. The van der Waals surface area contributed by atoms with E-state index in [9.17, 15) is 13.8 Å². The van der Waals surface area contributed by atoms with Gasteiger partial charge in [-0.15, -0.1) is 0 Å². The molecule has 1 unspecified atom stereocenters. The smallest absolute Gasteiger partial charge is 0.328 e. The Bertz CT molecular complexity index is 256. The zero-order valence-electron chi connectivity index (χ0n) is 8.04. The van der Waals surface area contributed by atoms with Gasteiger partial charge in [-0.1, -0.05) is 0 Å². The standard InChI is InChI=1S/C7H15FNO5P/c8-3-1-2-5(15(12,13)14)4-6(9)7(10)11/h5-6H,1-4,9H2,(H,10,11)(H2,12,13,14)/t5?,6-/m0/s1/i8-1. The van der Waals surface area contributed by atoms with Gasteiger partial charge in [-0.3, -0.25) is 13.8 Å². The lowest BCUT2D eigenvalue weighted by atomic mass is 10.1. The van der Waals surface area contributed by atoms with Gasteiger partial charge in [0.2, 0.25) is 0 Å². The summed E-state index contributed by atoms with van der Waals surface area (Å²) in [6.45, 7) is -0.696.